The van der Waals surface area contributed by atoms with Crippen molar-refractivity contribution in [3.8, 4) is 11.5 Å². The Morgan fingerprint density at radius 3 is 2.48 bits per heavy atom. The summed E-state index contributed by atoms with van der Waals surface area (Å²) in [6.45, 7) is 8.04. The molecule has 0 radical (unpaired) electrons. The first-order chi connectivity index (χ1) is 13.7. The van der Waals surface area contributed by atoms with Crippen LogP contribution in [0.1, 0.15) is 43.1 Å². The van der Waals surface area contributed by atoms with E-state index in [2.05, 4.69) is 24.5 Å². The standard InChI is InChI=1S/C22H27ClN2O4/c1-13(2)8-9-29-21-18(23)10-16(11-20(21)28-5)22(27)25-17-7-6-14(3)19(12-17)24-15(4)26/h6-7,10-13H,8-9H2,1-5H3,(H,24,26)(H,25,27). The first-order valence-corrected chi connectivity index (χ1v) is 9.79. The summed E-state index contributed by atoms with van der Waals surface area (Å²) in [7, 11) is 1.50. The summed E-state index contributed by atoms with van der Waals surface area (Å²) in [5, 5.41) is 5.86. The number of nitrogens with one attached hydrogen (secondary N) is 2. The van der Waals surface area contributed by atoms with Crippen molar-refractivity contribution in [2.24, 2.45) is 5.92 Å². The highest BCUT2D eigenvalue weighted by atomic mass is 35.5. The van der Waals surface area contributed by atoms with Crippen LogP contribution in [-0.2, 0) is 4.79 Å². The first kappa shape index (κ1) is 22.6. The van der Waals surface area contributed by atoms with Crippen molar-refractivity contribution in [2.45, 2.75) is 34.1 Å². The molecule has 6 nitrogen and oxygen atoms in total. The van der Waals surface area contributed by atoms with Gasteiger partial charge < -0.3 is 20.1 Å². The van der Waals surface area contributed by atoms with Crippen LogP contribution in [0.3, 0.4) is 0 Å². The molecule has 2 amide bonds. The molecule has 0 unspecified atom stereocenters. The van der Waals surface area contributed by atoms with E-state index in [-0.39, 0.29) is 11.8 Å². The monoisotopic (exact) mass is 418 g/mol. The molecule has 0 aromatic heterocycles. The number of carbonyl (C=O) groups is 2. The van der Waals surface area contributed by atoms with Crippen molar-refractivity contribution < 1.29 is 19.1 Å². The van der Waals surface area contributed by atoms with Crippen molar-refractivity contribution in [1.82, 2.24) is 0 Å². The lowest BCUT2D eigenvalue weighted by molar-refractivity contribution is -0.114. The van der Waals surface area contributed by atoms with E-state index < -0.39 is 0 Å². The van der Waals surface area contributed by atoms with Gasteiger partial charge in [0.2, 0.25) is 5.91 Å². The molecule has 29 heavy (non-hydrogen) atoms. The average molecular weight is 419 g/mol. The zero-order valence-electron chi connectivity index (χ0n) is 17.4. The van der Waals surface area contributed by atoms with Crippen LogP contribution in [0.15, 0.2) is 30.3 Å². The van der Waals surface area contributed by atoms with Crippen LogP contribution in [0.5, 0.6) is 11.5 Å². The number of anilines is 2. The topological polar surface area (TPSA) is 76.7 Å². The summed E-state index contributed by atoms with van der Waals surface area (Å²) < 4.78 is 11.1. The molecule has 0 fully saturated rings. The molecule has 2 aromatic rings. The number of hydrogen-bond donors (Lipinski definition) is 2. The van der Waals surface area contributed by atoms with Crippen LogP contribution >= 0.6 is 11.6 Å². The average Bonchev–Trinajstić information content (AvgIpc) is 2.64. The fourth-order valence-corrected chi connectivity index (χ4v) is 2.88. The summed E-state index contributed by atoms with van der Waals surface area (Å²) in [6.07, 6.45) is 0.881. The number of benzene rings is 2. The van der Waals surface area contributed by atoms with E-state index in [0.717, 1.165) is 12.0 Å². The molecular formula is C22H27ClN2O4. The van der Waals surface area contributed by atoms with E-state index in [1.54, 1.807) is 24.3 Å². The summed E-state index contributed by atoms with van der Waals surface area (Å²) in [5.74, 6) is 0.795. The number of ether oxygens (including phenoxy) is 2. The third kappa shape index (κ3) is 6.39. The first-order valence-electron chi connectivity index (χ1n) is 9.41. The molecule has 0 heterocycles. The summed E-state index contributed by atoms with van der Waals surface area (Å²) >= 11 is 6.35. The van der Waals surface area contributed by atoms with Gasteiger partial charge in [-0.3, -0.25) is 9.59 Å². The summed E-state index contributed by atoms with van der Waals surface area (Å²) in [5.41, 5.74) is 2.42. The van der Waals surface area contributed by atoms with Crippen LogP contribution in [0.25, 0.3) is 0 Å². The minimum Gasteiger partial charge on any atom is -0.493 e. The fourth-order valence-electron chi connectivity index (χ4n) is 2.62. The Bertz CT molecular complexity index is 897. The Kier molecular flexibility index (Phi) is 7.91. The molecule has 2 rings (SSSR count). The van der Waals surface area contributed by atoms with Crippen LogP contribution in [-0.4, -0.2) is 25.5 Å². The minimum absolute atomic E-state index is 0.179. The molecule has 0 aliphatic carbocycles. The summed E-state index contributed by atoms with van der Waals surface area (Å²) in [6, 6.07) is 8.43. The second-order valence-corrected chi connectivity index (χ2v) is 7.59. The van der Waals surface area contributed by atoms with Gasteiger partial charge in [-0.15, -0.1) is 0 Å². The van der Waals surface area contributed by atoms with E-state index in [0.29, 0.717) is 46.0 Å². The number of methoxy groups -OCH3 is 1. The molecule has 0 bridgehead atoms. The largest absolute Gasteiger partial charge is 0.493 e. The van der Waals surface area contributed by atoms with Gasteiger partial charge in [0.25, 0.3) is 5.91 Å². The van der Waals surface area contributed by atoms with Gasteiger partial charge in [-0.2, -0.15) is 0 Å². The SMILES string of the molecule is COc1cc(C(=O)Nc2ccc(C)c(NC(C)=O)c2)cc(Cl)c1OCCC(C)C. The number of hydrogen-bond acceptors (Lipinski definition) is 4. The van der Waals surface area contributed by atoms with Gasteiger partial charge in [-0.1, -0.05) is 31.5 Å². The van der Waals surface area contributed by atoms with E-state index in [1.807, 2.05) is 13.0 Å². The van der Waals surface area contributed by atoms with Crippen LogP contribution in [0.4, 0.5) is 11.4 Å². The Morgan fingerprint density at radius 2 is 1.86 bits per heavy atom. The predicted octanol–water partition coefficient (Wildman–Crippen LogP) is 5.29. The Hall–Kier alpha value is -2.73. The molecule has 0 aliphatic rings. The highest BCUT2D eigenvalue weighted by molar-refractivity contribution is 6.32. The third-order valence-electron chi connectivity index (χ3n) is 4.24. The lowest BCUT2D eigenvalue weighted by Gasteiger charge is -2.15. The van der Waals surface area contributed by atoms with Gasteiger partial charge in [0, 0.05) is 23.9 Å². The zero-order chi connectivity index (χ0) is 21.6. The number of carbonyl (C=O) groups excluding carboxylic acids is 2. The molecule has 7 heteroatoms. The van der Waals surface area contributed by atoms with Gasteiger partial charge in [-0.05, 0) is 49.1 Å². The molecule has 0 saturated heterocycles. The molecular weight excluding hydrogens is 392 g/mol. The fraction of sp³-hybridized carbons (Fsp3) is 0.364. The van der Waals surface area contributed by atoms with E-state index in [1.165, 1.54) is 14.0 Å². The number of rotatable bonds is 8. The second-order valence-electron chi connectivity index (χ2n) is 7.19. The molecule has 156 valence electrons. The highest BCUT2D eigenvalue weighted by Crippen LogP contribution is 2.37. The van der Waals surface area contributed by atoms with Crippen LogP contribution in [0, 0.1) is 12.8 Å². The van der Waals surface area contributed by atoms with Gasteiger partial charge in [0.1, 0.15) is 0 Å². The maximum atomic E-state index is 12.7. The van der Waals surface area contributed by atoms with Gasteiger partial charge in [0.15, 0.2) is 11.5 Å². The summed E-state index contributed by atoms with van der Waals surface area (Å²) in [4.78, 5) is 24.0. The van der Waals surface area contributed by atoms with Crippen molar-refractivity contribution in [3.63, 3.8) is 0 Å². The number of amides is 2. The zero-order valence-corrected chi connectivity index (χ0v) is 18.1. The second kappa shape index (κ2) is 10.2. The van der Waals surface area contributed by atoms with Gasteiger partial charge in [-0.25, -0.2) is 0 Å². The Balaban J connectivity index is 2.20. The van der Waals surface area contributed by atoms with Gasteiger partial charge >= 0.3 is 0 Å². The highest BCUT2D eigenvalue weighted by Gasteiger charge is 2.17. The van der Waals surface area contributed by atoms with Crippen molar-refractivity contribution in [1.29, 1.82) is 0 Å². The van der Waals surface area contributed by atoms with Crippen molar-refractivity contribution >= 4 is 34.8 Å². The molecule has 0 atom stereocenters. The predicted molar refractivity (Wildman–Crippen MR) is 116 cm³/mol. The Morgan fingerprint density at radius 1 is 1.14 bits per heavy atom. The maximum absolute atomic E-state index is 12.7. The molecule has 0 spiro atoms. The number of halogens is 1. The maximum Gasteiger partial charge on any atom is 0.255 e. The molecule has 2 aromatic carbocycles. The number of aryl methyl sites for hydroxylation is 1. The van der Waals surface area contributed by atoms with Crippen LogP contribution < -0.4 is 20.1 Å². The normalized spacial score (nSPS) is 10.6. The Labute approximate surface area is 176 Å². The van der Waals surface area contributed by atoms with E-state index in [9.17, 15) is 9.59 Å². The van der Waals surface area contributed by atoms with Crippen molar-refractivity contribution in [3.05, 3.63) is 46.5 Å². The lowest BCUT2D eigenvalue weighted by Crippen LogP contribution is -2.14. The minimum atomic E-state index is -0.350. The molecule has 2 N–H and O–H groups in total. The quantitative estimate of drug-likeness (QED) is 0.610. The van der Waals surface area contributed by atoms with Gasteiger partial charge in [0.05, 0.1) is 18.7 Å². The smallest absolute Gasteiger partial charge is 0.255 e. The van der Waals surface area contributed by atoms with Crippen molar-refractivity contribution in [2.75, 3.05) is 24.4 Å². The lowest BCUT2D eigenvalue weighted by atomic mass is 10.1. The van der Waals surface area contributed by atoms with E-state index in [4.69, 9.17) is 21.1 Å². The molecule has 0 saturated carbocycles. The van der Waals surface area contributed by atoms with Crippen LogP contribution in [0.2, 0.25) is 5.02 Å². The van der Waals surface area contributed by atoms with E-state index >= 15 is 0 Å². The molecule has 0 aliphatic heterocycles. The third-order valence-corrected chi connectivity index (χ3v) is 4.52.